The third-order valence-electron chi connectivity index (χ3n) is 3.14. The number of hydrogen-bond donors (Lipinski definition) is 1. The molecule has 0 unspecified atom stereocenters. The molecule has 1 N–H and O–H groups in total. The Kier molecular flexibility index (Phi) is 6.01. The molecule has 0 fully saturated rings. The smallest absolute Gasteiger partial charge is 0.216 e. The maximum atomic E-state index is 12.1. The van der Waals surface area contributed by atoms with Crippen molar-refractivity contribution in [3.05, 3.63) is 60.2 Å². The number of methoxy groups -OCH3 is 1. The molecule has 0 radical (unpaired) electrons. The highest BCUT2D eigenvalue weighted by molar-refractivity contribution is 7.88. The quantitative estimate of drug-likeness (QED) is 0.805. The van der Waals surface area contributed by atoms with Crippen LogP contribution < -0.4 is 14.2 Å². The van der Waals surface area contributed by atoms with Crippen LogP contribution in [0.2, 0.25) is 0 Å². The van der Waals surface area contributed by atoms with Gasteiger partial charge in [0.15, 0.2) is 0 Å². The van der Waals surface area contributed by atoms with E-state index >= 15 is 0 Å². The predicted molar refractivity (Wildman–Crippen MR) is 90.2 cm³/mol. The maximum absolute atomic E-state index is 12.1. The van der Waals surface area contributed by atoms with Crippen LogP contribution >= 0.6 is 0 Å². The number of rotatable bonds is 8. The van der Waals surface area contributed by atoms with Crippen LogP contribution in [-0.2, 0) is 15.8 Å². The Morgan fingerprint density at radius 2 is 1.61 bits per heavy atom. The van der Waals surface area contributed by atoms with Gasteiger partial charge in [-0.1, -0.05) is 30.3 Å². The fraction of sp³-hybridized carbons (Fsp3) is 0.294. The van der Waals surface area contributed by atoms with Crippen molar-refractivity contribution in [2.24, 2.45) is 0 Å². The van der Waals surface area contributed by atoms with Crippen molar-refractivity contribution in [3.8, 4) is 11.5 Å². The molecule has 0 saturated heterocycles. The number of nitrogens with one attached hydrogen (secondary N) is 1. The molecule has 6 heteroatoms. The van der Waals surface area contributed by atoms with Gasteiger partial charge in [-0.25, -0.2) is 13.1 Å². The molecular weight excluding hydrogens is 314 g/mol. The monoisotopic (exact) mass is 335 g/mol. The van der Waals surface area contributed by atoms with Gasteiger partial charge in [-0.3, -0.25) is 0 Å². The minimum absolute atomic E-state index is 0.0410. The fourth-order valence-corrected chi connectivity index (χ4v) is 3.46. The Labute approximate surface area is 137 Å². The van der Waals surface area contributed by atoms with E-state index in [4.69, 9.17) is 9.47 Å². The van der Waals surface area contributed by atoms with Crippen LogP contribution in [0.15, 0.2) is 54.6 Å². The zero-order valence-electron chi connectivity index (χ0n) is 13.2. The van der Waals surface area contributed by atoms with Gasteiger partial charge >= 0.3 is 0 Å². The van der Waals surface area contributed by atoms with Crippen LogP contribution in [0.5, 0.6) is 11.5 Å². The Morgan fingerprint density at radius 1 is 1.00 bits per heavy atom. The molecule has 0 aliphatic carbocycles. The molecule has 0 bridgehead atoms. The van der Waals surface area contributed by atoms with E-state index in [1.807, 2.05) is 18.2 Å². The van der Waals surface area contributed by atoms with E-state index < -0.39 is 10.0 Å². The van der Waals surface area contributed by atoms with Crippen LogP contribution in [-0.4, -0.2) is 28.2 Å². The van der Waals surface area contributed by atoms with E-state index in [0.29, 0.717) is 5.75 Å². The van der Waals surface area contributed by atoms with Gasteiger partial charge in [0, 0.05) is 0 Å². The SMILES string of the molecule is COc1ccc(OC[C@@H](C)NS(=O)(=O)Cc2ccccc2)cc1. The van der Waals surface area contributed by atoms with Gasteiger partial charge < -0.3 is 9.47 Å². The molecule has 2 rings (SSSR count). The molecule has 23 heavy (non-hydrogen) atoms. The van der Waals surface area contributed by atoms with Crippen molar-refractivity contribution in [2.45, 2.75) is 18.7 Å². The molecule has 0 heterocycles. The molecule has 0 amide bonds. The first-order valence-electron chi connectivity index (χ1n) is 7.29. The van der Waals surface area contributed by atoms with Crippen LogP contribution in [0.1, 0.15) is 12.5 Å². The van der Waals surface area contributed by atoms with E-state index in [1.165, 1.54) is 0 Å². The Balaban J connectivity index is 1.84. The third kappa shape index (κ3) is 5.92. The zero-order chi connectivity index (χ0) is 16.7. The molecule has 1 atom stereocenters. The lowest BCUT2D eigenvalue weighted by Crippen LogP contribution is -2.37. The summed E-state index contributed by atoms with van der Waals surface area (Å²) in [4.78, 5) is 0. The molecule has 2 aromatic rings. The number of sulfonamides is 1. The van der Waals surface area contributed by atoms with Gasteiger partial charge in [-0.15, -0.1) is 0 Å². The highest BCUT2D eigenvalue weighted by atomic mass is 32.2. The van der Waals surface area contributed by atoms with Gasteiger partial charge in [0.1, 0.15) is 18.1 Å². The standard InChI is InChI=1S/C17H21NO4S/c1-14(12-22-17-10-8-16(21-2)9-11-17)18-23(19,20)13-15-6-4-3-5-7-15/h3-11,14,18H,12-13H2,1-2H3/t14-/m1/s1. The lowest BCUT2D eigenvalue weighted by molar-refractivity contribution is 0.287. The average molecular weight is 335 g/mol. The van der Waals surface area contributed by atoms with Gasteiger partial charge in [0.25, 0.3) is 0 Å². The number of ether oxygens (including phenoxy) is 2. The topological polar surface area (TPSA) is 64.6 Å². The Hall–Kier alpha value is -2.05. The van der Waals surface area contributed by atoms with Crippen molar-refractivity contribution < 1.29 is 17.9 Å². The maximum Gasteiger partial charge on any atom is 0.216 e. The first-order valence-corrected chi connectivity index (χ1v) is 8.94. The van der Waals surface area contributed by atoms with Crippen molar-refractivity contribution in [3.63, 3.8) is 0 Å². The van der Waals surface area contributed by atoms with E-state index in [2.05, 4.69) is 4.72 Å². The first-order chi connectivity index (χ1) is 11.0. The van der Waals surface area contributed by atoms with Gasteiger partial charge in [0.2, 0.25) is 10.0 Å². The van der Waals surface area contributed by atoms with Crippen molar-refractivity contribution in [1.29, 1.82) is 0 Å². The summed E-state index contributed by atoms with van der Waals surface area (Å²) in [5.41, 5.74) is 0.753. The molecular formula is C17H21NO4S. The second kappa shape index (κ2) is 7.99. The lowest BCUT2D eigenvalue weighted by Gasteiger charge is -2.15. The van der Waals surface area contributed by atoms with Crippen molar-refractivity contribution in [2.75, 3.05) is 13.7 Å². The second-order valence-corrected chi connectivity index (χ2v) is 7.00. The molecule has 0 aliphatic rings. The van der Waals surface area contributed by atoms with Gasteiger partial charge in [-0.05, 0) is 36.8 Å². The third-order valence-corrected chi connectivity index (χ3v) is 4.61. The average Bonchev–Trinajstić information content (AvgIpc) is 2.53. The molecule has 124 valence electrons. The largest absolute Gasteiger partial charge is 0.497 e. The lowest BCUT2D eigenvalue weighted by atomic mass is 10.2. The molecule has 2 aromatic carbocycles. The van der Waals surface area contributed by atoms with E-state index in [0.717, 1.165) is 11.3 Å². The van der Waals surface area contributed by atoms with Crippen molar-refractivity contribution >= 4 is 10.0 Å². The normalized spacial score (nSPS) is 12.6. The minimum Gasteiger partial charge on any atom is -0.497 e. The summed E-state index contributed by atoms with van der Waals surface area (Å²) < 4.78 is 37.5. The van der Waals surface area contributed by atoms with E-state index in [-0.39, 0.29) is 18.4 Å². The molecule has 0 saturated carbocycles. The summed E-state index contributed by atoms with van der Waals surface area (Å²) in [6, 6.07) is 15.9. The zero-order valence-corrected chi connectivity index (χ0v) is 14.0. The van der Waals surface area contributed by atoms with E-state index in [1.54, 1.807) is 50.4 Å². The summed E-state index contributed by atoms with van der Waals surface area (Å²) in [5.74, 6) is 1.37. The minimum atomic E-state index is -3.40. The summed E-state index contributed by atoms with van der Waals surface area (Å²) in [6.45, 7) is 2.02. The summed E-state index contributed by atoms with van der Waals surface area (Å²) in [5, 5.41) is 0. The second-order valence-electron chi connectivity index (χ2n) is 5.25. The van der Waals surface area contributed by atoms with Crippen LogP contribution in [0.4, 0.5) is 0 Å². The molecule has 0 aliphatic heterocycles. The van der Waals surface area contributed by atoms with Crippen molar-refractivity contribution in [1.82, 2.24) is 4.72 Å². The predicted octanol–water partition coefficient (Wildman–Crippen LogP) is 2.58. The number of benzene rings is 2. The first kappa shape index (κ1) is 17.3. The highest BCUT2D eigenvalue weighted by Gasteiger charge is 2.15. The molecule has 0 aromatic heterocycles. The van der Waals surface area contributed by atoms with Crippen LogP contribution in [0.25, 0.3) is 0 Å². The molecule has 0 spiro atoms. The van der Waals surface area contributed by atoms with Crippen LogP contribution in [0.3, 0.4) is 0 Å². The molecule has 5 nitrogen and oxygen atoms in total. The summed E-state index contributed by atoms with van der Waals surface area (Å²) in [6.07, 6.45) is 0. The Morgan fingerprint density at radius 3 is 2.22 bits per heavy atom. The Bertz CT molecular complexity index is 699. The summed E-state index contributed by atoms with van der Waals surface area (Å²) in [7, 11) is -1.80. The summed E-state index contributed by atoms with van der Waals surface area (Å²) >= 11 is 0. The number of hydrogen-bond acceptors (Lipinski definition) is 4. The highest BCUT2D eigenvalue weighted by Crippen LogP contribution is 2.17. The van der Waals surface area contributed by atoms with Gasteiger partial charge in [-0.2, -0.15) is 0 Å². The fourth-order valence-electron chi connectivity index (χ4n) is 2.07. The van der Waals surface area contributed by atoms with Crippen LogP contribution in [0, 0.1) is 0 Å². The van der Waals surface area contributed by atoms with E-state index in [9.17, 15) is 8.42 Å². The van der Waals surface area contributed by atoms with Gasteiger partial charge in [0.05, 0.1) is 18.9 Å².